The average Bonchev–Trinajstić information content (AvgIpc) is 3.26. The van der Waals surface area contributed by atoms with Crippen LogP contribution in [0.25, 0.3) is 0 Å². The van der Waals surface area contributed by atoms with Crippen LogP contribution in [-0.4, -0.2) is 100 Å². The Labute approximate surface area is 328 Å². The summed E-state index contributed by atoms with van der Waals surface area (Å²) in [6.07, 6.45) is 13.7. The molecule has 296 valence electrons. The molecule has 3 aromatic carbocycles. The van der Waals surface area contributed by atoms with E-state index in [0.717, 1.165) is 47.6 Å². The first-order valence-electron chi connectivity index (χ1n) is 19.8. The Morgan fingerprint density at radius 1 is 0.636 bits per heavy atom. The quantitative estimate of drug-likeness (QED) is 0.271. The van der Waals surface area contributed by atoms with E-state index >= 15 is 0 Å². The average molecular weight is 753 g/mol. The molecule has 0 spiro atoms. The molecule has 8 nitrogen and oxygen atoms in total. The predicted molar refractivity (Wildman–Crippen MR) is 221 cm³/mol. The lowest BCUT2D eigenvalue weighted by atomic mass is 9.80. The lowest BCUT2D eigenvalue weighted by molar-refractivity contribution is -0.00221. The molecule has 1 saturated carbocycles. The summed E-state index contributed by atoms with van der Waals surface area (Å²) in [5, 5.41) is 17.5. The molecule has 0 aromatic heterocycles. The summed E-state index contributed by atoms with van der Waals surface area (Å²) in [5.41, 5.74) is 4.48. The van der Waals surface area contributed by atoms with Crippen molar-refractivity contribution < 1.29 is 24.2 Å². The van der Waals surface area contributed by atoms with Gasteiger partial charge >= 0.3 is 12.2 Å². The maximum atomic E-state index is 11.9. The van der Waals surface area contributed by atoms with Crippen molar-refractivity contribution in [3.05, 3.63) is 144 Å². The Hall–Kier alpha value is -4.73. The normalized spacial score (nSPS) is 22.9. The van der Waals surface area contributed by atoms with Crippen molar-refractivity contribution in [3.8, 4) is 0 Å². The Kier molecular flexibility index (Phi) is 18.2. The standard InChI is InChI=1S/C10H11NO2.C10H13NO2.2C7H13N.C6H5F.C6H6/c12-10(13)11-6-5-8-3-1-2-4-9(8)7-11;1-3-8-5-6-11(10(12)13)7-9(8)4-2;1-4-8-5-2-7(1)3-6-8;1-8-6-3-2-4-7(8)5-6;7-6-4-2-1-3-5-6;1-2-4-6-5-3-1/h1-4H,5-7H2,(H,12,13);3-4H,1-2,5-7H2,(H,12,13);7H,1-6H2;6-7H,2-5H2,1H3;1-5H;1-6H. The molecule has 11 rings (SSSR count). The fourth-order valence-electron chi connectivity index (χ4n) is 7.76. The summed E-state index contributed by atoms with van der Waals surface area (Å²) >= 11 is 0. The molecule has 3 aromatic rings. The van der Waals surface area contributed by atoms with Crippen LogP contribution in [0.4, 0.5) is 14.0 Å². The highest BCUT2D eigenvalue weighted by Crippen LogP contribution is 2.36. The summed E-state index contributed by atoms with van der Waals surface area (Å²) in [4.78, 5) is 29.3. The fourth-order valence-corrected chi connectivity index (χ4v) is 7.76. The first-order valence-corrected chi connectivity index (χ1v) is 19.8. The highest BCUT2D eigenvalue weighted by Gasteiger charge is 2.37. The summed E-state index contributed by atoms with van der Waals surface area (Å²) in [5.74, 6) is 0.933. The highest BCUT2D eigenvalue weighted by atomic mass is 19.1. The van der Waals surface area contributed by atoms with Crippen LogP contribution in [-0.2, 0) is 13.0 Å². The summed E-state index contributed by atoms with van der Waals surface area (Å²) < 4.78 is 11.9. The first kappa shape index (κ1) is 43.0. The largest absolute Gasteiger partial charge is 0.465 e. The van der Waals surface area contributed by atoms with Gasteiger partial charge in [0.05, 0.1) is 0 Å². The smallest absolute Gasteiger partial charge is 0.407 e. The van der Waals surface area contributed by atoms with Crippen LogP contribution in [0.3, 0.4) is 0 Å². The molecule has 4 bridgehead atoms. The van der Waals surface area contributed by atoms with Crippen LogP contribution in [0.2, 0.25) is 0 Å². The Bertz CT molecular complexity index is 1570. The van der Waals surface area contributed by atoms with E-state index in [9.17, 15) is 14.0 Å². The molecule has 2 amide bonds. The Morgan fingerprint density at radius 3 is 1.49 bits per heavy atom. The third kappa shape index (κ3) is 14.5. The zero-order valence-corrected chi connectivity index (χ0v) is 32.7. The highest BCUT2D eigenvalue weighted by molar-refractivity contribution is 5.66. The zero-order chi connectivity index (χ0) is 39.4. The summed E-state index contributed by atoms with van der Waals surface area (Å²) in [7, 11) is 2.26. The molecule has 55 heavy (non-hydrogen) atoms. The van der Waals surface area contributed by atoms with Gasteiger partial charge in [0.15, 0.2) is 0 Å². The monoisotopic (exact) mass is 752 g/mol. The second-order valence-corrected chi connectivity index (χ2v) is 14.8. The Morgan fingerprint density at radius 2 is 1.11 bits per heavy atom. The Balaban J connectivity index is 0.000000150. The maximum absolute atomic E-state index is 11.9. The van der Waals surface area contributed by atoms with E-state index in [4.69, 9.17) is 10.2 Å². The number of nitrogens with zero attached hydrogens (tertiary/aromatic N) is 4. The number of fused-ring (bicyclic) bond motifs is 6. The van der Waals surface area contributed by atoms with Crippen molar-refractivity contribution in [2.45, 2.75) is 76.4 Å². The van der Waals surface area contributed by atoms with Gasteiger partial charge in [-0.1, -0.05) is 111 Å². The van der Waals surface area contributed by atoms with Gasteiger partial charge < -0.3 is 29.8 Å². The van der Waals surface area contributed by atoms with Crippen molar-refractivity contribution in [1.82, 2.24) is 19.6 Å². The first-order chi connectivity index (χ1) is 26.7. The summed E-state index contributed by atoms with van der Waals surface area (Å²) in [6.45, 7) is 13.6. The third-order valence-corrected chi connectivity index (χ3v) is 11.3. The second-order valence-electron chi connectivity index (χ2n) is 14.8. The van der Waals surface area contributed by atoms with Crippen molar-refractivity contribution in [2.75, 3.05) is 46.3 Å². The van der Waals surface area contributed by atoms with Crippen LogP contribution >= 0.6 is 0 Å². The van der Waals surface area contributed by atoms with Crippen LogP contribution in [0, 0.1) is 11.7 Å². The number of benzene rings is 3. The van der Waals surface area contributed by atoms with Gasteiger partial charge in [-0.15, -0.1) is 0 Å². The van der Waals surface area contributed by atoms with Crippen LogP contribution in [0.5, 0.6) is 0 Å². The lowest BCUT2D eigenvalue weighted by Crippen LogP contribution is -2.56. The van der Waals surface area contributed by atoms with Crippen molar-refractivity contribution in [2.24, 2.45) is 5.92 Å². The minimum atomic E-state index is -0.873. The molecular weight excluding hydrogens is 692 g/mol. The van der Waals surface area contributed by atoms with E-state index in [2.05, 4.69) is 36.1 Å². The van der Waals surface area contributed by atoms with E-state index in [1.807, 2.05) is 54.6 Å². The molecule has 0 radical (unpaired) electrons. The SMILES string of the molecule is C1CN2CCC1CC2.C=CC1=C(C=C)CN(C(=O)O)CC1.CN1C2CCCC1C2.Fc1ccccc1.O=C(O)N1CCc2ccccc2C1.c1ccccc1. The molecule has 2 unspecified atom stereocenters. The van der Waals surface area contributed by atoms with Crippen molar-refractivity contribution in [1.29, 1.82) is 0 Å². The maximum Gasteiger partial charge on any atom is 0.407 e. The minimum Gasteiger partial charge on any atom is -0.465 e. The molecule has 6 fully saturated rings. The summed E-state index contributed by atoms with van der Waals surface area (Å²) in [6, 6.07) is 29.9. The van der Waals surface area contributed by atoms with Crippen molar-refractivity contribution >= 4 is 12.2 Å². The van der Waals surface area contributed by atoms with E-state index in [1.165, 1.54) is 92.1 Å². The van der Waals surface area contributed by atoms with E-state index in [-0.39, 0.29) is 5.82 Å². The van der Waals surface area contributed by atoms with E-state index in [1.54, 1.807) is 30.4 Å². The van der Waals surface area contributed by atoms with Crippen LogP contribution < -0.4 is 0 Å². The number of halogens is 1. The van der Waals surface area contributed by atoms with Gasteiger partial charge in [-0.25, -0.2) is 14.0 Å². The molecule has 7 heterocycles. The molecular formula is C46H61FN4O4. The van der Waals surface area contributed by atoms with Gasteiger partial charge in [0.25, 0.3) is 0 Å². The minimum absolute atomic E-state index is 0.178. The van der Waals surface area contributed by atoms with E-state index in [0.29, 0.717) is 26.2 Å². The molecule has 2 N–H and O–H groups in total. The van der Waals surface area contributed by atoms with Gasteiger partial charge in [-0.05, 0) is 118 Å². The van der Waals surface area contributed by atoms with Gasteiger partial charge in [-0.2, -0.15) is 0 Å². The molecule has 2 atom stereocenters. The third-order valence-electron chi connectivity index (χ3n) is 11.3. The van der Waals surface area contributed by atoms with E-state index < -0.39 is 12.2 Å². The molecule has 1 aliphatic carbocycles. The number of carbonyl (C=O) groups is 2. The molecule has 5 saturated heterocycles. The molecule has 8 aliphatic rings. The van der Waals surface area contributed by atoms with Crippen molar-refractivity contribution in [3.63, 3.8) is 0 Å². The number of amides is 2. The lowest BCUT2D eigenvalue weighted by Gasteiger charge is -2.50. The number of hydrogen-bond acceptors (Lipinski definition) is 4. The van der Waals surface area contributed by atoms with Gasteiger partial charge in [0.1, 0.15) is 5.82 Å². The molecule has 9 heteroatoms. The van der Waals surface area contributed by atoms with Crippen LogP contribution in [0.15, 0.2) is 127 Å². The topological polar surface area (TPSA) is 87.6 Å². The fraction of sp³-hybridized carbons (Fsp3) is 0.435. The number of piperidine rings is 4. The second kappa shape index (κ2) is 23.2. The van der Waals surface area contributed by atoms with Gasteiger partial charge in [0, 0.05) is 38.3 Å². The number of hydrogen-bond donors (Lipinski definition) is 2. The number of carboxylic acid groups (broad SMARTS) is 2. The van der Waals surface area contributed by atoms with Crippen LogP contribution in [0.1, 0.15) is 62.5 Å². The number of rotatable bonds is 2. The molecule has 7 aliphatic heterocycles. The van der Waals surface area contributed by atoms with Gasteiger partial charge in [0.2, 0.25) is 0 Å². The predicted octanol–water partition coefficient (Wildman–Crippen LogP) is 9.62. The van der Waals surface area contributed by atoms with Gasteiger partial charge in [-0.3, -0.25) is 0 Å². The number of allylic oxidation sites excluding steroid dienone is 1. The zero-order valence-electron chi connectivity index (χ0n) is 32.7.